The number of hydrogen-bond donors (Lipinski definition) is 0. The molecule has 0 saturated carbocycles. The van der Waals surface area contributed by atoms with E-state index in [1.54, 1.807) is 0 Å². The molecule has 88 heavy (non-hydrogen) atoms. The number of pyridine rings is 4. The van der Waals surface area contributed by atoms with Gasteiger partial charge in [-0.3, -0.25) is 19.9 Å². The fourth-order valence-corrected chi connectivity index (χ4v) is 12.6. The minimum atomic E-state index is -0.0541. The fraction of sp³-hybridized carbons (Fsp3) is 0.250. The lowest BCUT2D eigenvalue weighted by Crippen LogP contribution is -2.18. The number of benzene rings is 8. The van der Waals surface area contributed by atoms with Crippen LogP contribution < -0.4 is 19.6 Å². The van der Waals surface area contributed by atoms with E-state index in [-0.39, 0.29) is 21.7 Å². The van der Waals surface area contributed by atoms with Crippen LogP contribution in [0.5, 0.6) is 0 Å². The average Bonchev–Trinajstić information content (AvgIpc) is 0.705. The Balaban J connectivity index is 1.30. The van der Waals surface area contributed by atoms with Crippen LogP contribution in [0.4, 0.5) is 68.2 Å². The third-order valence-electron chi connectivity index (χ3n) is 17.6. The Morgan fingerprint density at radius 1 is 0.239 bits per heavy atom. The Labute approximate surface area is 521 Å². The number of rotatable bonds is 12. The van der Waals surface area contributed by atoms with Gasteiger partial charge in [-0.15, -0.1) is 0 Å². The number of nitrogens with zero attached hydrogens (tertiary/aromatic N) is 8. The third-order valence-corrected chi connectivity index (χ3v) is 17.6. The Morgan fingerprint density at radius 2 is 0.432 bits per heavy atom. The van der Waals surface area contributed by atoms with Gasteiger partial charge in [0, 0.05) is 79.9 Å². The highest BCUT2D eigenvalue weighted by Crippen LogP contribution is 2.56. The third kappa shape index (κ3) is 10.9. The molecule has 0 amide bonds. The van der Waals surface area contributed by atoms with E-state index >= 15 is 0 Å². The second-order valence-electron chi connectivity index (χ2n) is 27.9. The zero-order valence-electron chi connectivity index (χ0n) is 54.2. The minimum Gasteiger partial charge on any atom is -0.308 e. The Hall–Kier alpha value is -9.40. The van der Waals surface area contributed by atoms with Gasteiger partial charge < -0.3 is 19.6 Å². The van der Waals surface area contributed by atoms with Crippen LogP contribution in [-0.4, -0.2) is 19.9 Å². The normalized spacial score (nSPS) is 12.3. The molecule has 8 nitrogen and oxygen atoms in total. The highest BCUT2D eigenvalue weighted by atomic mass is 15.2. The first-order valence-corrected chi connectivity index (χ1v) is 30.9. The molecule has 0 radical (unpaired) electrons. The number of aryl methyl sites for hydroxylation is 4. The second kappa shape index (κ2) is 22.4. The summed E-state index contributed by atoms with van der Waals surface area (Å²) in [6.45, 7) is 35.8. The summed E-state index contributed by atoms with van der Waals surface area (Å²) in [5.41, 5.74) is 20.6. The van der Waals surface area contributed by atoms with Crippen LogP contribution >= 0.6 is 0 Å². The van der Waals surface area contributed by atoms with Crippen molar-refractivity contribution in [2.75, 3.05) is 19.6 Å². The maximum Gasteiger partial charge on any atom is 0.0674 e. The van der Waals surface area contributed by atoms with Crippen molar-refractivity contribution in [2.24, 2.45) is 0 Å². The van der Waals surface area contributed by atoms with Gasteiger partial charge in [-0.05, 0) is 181 Å². The van der Waals surface area contributed by atoms with E-state index in [1.807, 2.05) is 24.8 Å². The summed E-state index contributed by atoms with van der Waals surface area (Å²) in [4.78, 5) is 29.8. The number of aromatic nitrogens is 4. The molecule has 0 spiro atoms. The van der Waals surface area contributed by atoms with E-state index in [0.717, 1.165) is 123 Å². The number of hydrogen-bond acceptors (Lipinski definition) is 8. The monoisotopic (exact) mass is 1150 g/mol. The summed E-state index contributed by atoms with van der Waals surface area (Å²) in [5.74, 6) is 0. The van der Waals surface area contributed by atoms with E-state index < -0.39 is 0 Å². The number of anilines is 12. The first-order valence-electron chi connectivity index (χ1n) is 30.9. The lowest BCUT2D eigenvalue weighted by molar-refractivity contribution is 0.590. The maximum atomic E-state index is 5.01. The summed E-state index contributed by atoms with van der Waals surface area (Å²) in [5, 5.41) is 6.60. The van der Waals surface area contributed by atoms with Crippen molar-refractivity contribution in [3.05, 3.63) is 252 Å². The van der Waals surface area contributed by atoms with Gasteiger partial charge in [-0.1, -0.05) is 156 Å². The van der Waals surface area contributed by atoms with Gasteiger partial charge in [-0.2, -0.15) is 0 Å². The predicted molar refractivity (Wildman–Crippen MR) is 374 cm³/mol. The molecule has 0 aliphatic heterocycles. The molecule has 0 aliphatic rings. The molecule has 12 rings (SSSR count). The highest BCUT2D eigenvalue weighted by molar-refractivity contribution is 6.33. The molecule has 0 bridgehead atoms. The summed E-state index contributed by atoms with van der Waals surface area (Å²) in [7, 11) is 0. The molecule has 0 atom stereocenters. The first-order chi connectivity index (χ1) is 41.9. The molecular weight excluding hydrogens is 1070 g/mol. The molecule has 0 N–H and O–H groups in total. The Morgan fingerprint density at radius 3 is 0.602 bits per heavy atom. The molecule has 4 heterocycles. The molecule has 8 aromatic carbocycles. The van der Waals surface area contributed by atoms with Gasteiger partial charge >= 0.3 is 0 Å². The zero-order chi connectivity index (χ0) is 62.2. The van der Waals surface area contributed by atoms with Crippen LogP contribution in [0.1, 0.15) is 128 Å². The van der Waals surface area contributed by atoms with E-state index in [4.69, 9.17) is 19.9 Å². The molecule has 0 saturated heterocycles. The minimum absolute atomic E-state index is 0.0541. The summed E-state index contributed by atoms with van der Waals surface area (Å²) < 4.78 is 0. The predicted octanol–water partition coefficient (Wildman–Crippen LogP) is 22.5. The Kier molecular flexibility index (Phi) is 15.0. The second-order valence-corrected chi connectivity index (χ2v) is 27.9. The van der Waals surface area contributed by atoms with E-state index in [9.17, 15) is 0 Å². The molecule has 12 aromatic rings. The van der Waals surface area contributed by atoms with E-state index in [0.29, 0.717) is 0 Å². The fourth-order valence-electron chi connectivity index (χ4n) is 12.6. The molecular formula is C80H82N8. The molecule has 442 valence electrons. The topological polar surface area (TPSA) is 64.5 Å². The molecule has 0 unspecified atom stereocenters. The lowest BCUT2D eigenvalue weighted by Gasteiger charge is -2.35. The summed E-state index contributed by atoms with van der Waals surface area (Å²) in [6, 6.07) is 68.0. The van der Waals surface area contributed by atoms with Gasteiger partial charge in [-0.25, -0.2) is 0 Å². The summed E-state index contributed by atoms with van der Waals surface area (Å²) >= 11 is 0. The van der Waals surface area contributed by atoms with Crippen molar-refractivity contribution in [3.63, 3.8) is 0 Å². The SMILES string of the molecule is Cc1ncccc1N(c1ccc(C(C)(C)C)cc1)c1cc(N(c2ccc(C(C)(C)C)cc2)c2cccnc2C)c2ccc3c(N(c4ccc(C(C)(C)C)cc4)c4cccnc4C)cc(N(c4ccc(C(C)(C)C)cc4)c4cccnc4C)c4ccc1c2c43. The largest absolute Gasteiger partial charge is 0.308 e. The van der Waals surface area contributed by atoms with Crippen LogP contribution in [0.15, 0.2) is 207 Å². The average molecular weight is 1160 g/mol. The van der Waals surface area contributed by atoms with E-state index in [2.05, 4.69) is 312 Å². The lowest BCUT2D eigenvalue weighted by atomic mass is 9.86. The maximum absolute atomic E-state index is 5.01. The van der Waals surface area contributed by atoms with Gasteiger partial charge in [0.05, 0.1) is 68.3 Å². The van der Waals surface area contributed by atoms with Crippen molar-refractivity contribution in [1.29, 1.82) is 0 Å². The quantitative estimate of drug-likeness (QED) is 0.112. The van der Waals surface area contributed by atoms with Gasteiger partial charge in [0.2, 0.25) is 0 Å². The van der Waals surface area contributed by atoms with Crippen molar-refractivity contribution in [3.8, 4) is 0 Å². The van der Waals surface area contributed by atoms with Crippen LogP contribution in [-0.2, 0) is 21.7 Å². The van der Waals surface area contributed by atoms with Crippen LogP contribution in [0.2, 0.25) is 0 Å². The van der Waals surface area contributed by atoms with Gasteiger partial charge in [0.1, 0.15) is 0 Å². The van der Waals surface area contributed by atoms with Crippen molar-refractivity contribution in [2.45, 2.75) is 132 Å². The van der Waals surface area contributed by atoms with Crippen LogP contribution in [0.3, 0.4) is 0 Å². The van der Waals surface area contributed by atoms with Crippen LogP contribution in [0.25, 0.3) is 32.3 Å². The molecule has 4 aromatic heterocycles. The zero-order valence-corrected chi connectivity index (χ0v) is 54.2. The van der Waals surface area contributed by atoms with Crippen molar-refractivity contribution < 1.29 is 0 Å². The Bertz CT molecular complexity index is 3940. The van der Waals surface area contributed by atoms with Crippen molar-refractivity contribution >= 4 is 101 Å². The van der Waals surface area contributed by atoms with Gasteiger partial charge in [0.15, 0.2) is 0 Å². The highest BCUT2D eigenvalue weighted by Gasteiger charge is 2.32. The van der Waals surface area contributed by atoms with E-state index in [1.165, 1.54) is 22.3 Å². The van der Waals surface area contributed by atoms with Gasteiger partial charge in [0.25, 0.3) is 0 Å². The first kappa shape index (κ1) is 59.0. The smallest absolute Gasteiger partial charge is 0.0674 e. The van der Waals surface area contributed by atoms with Crippen LogP contribution in [0, 0.1) is 27.7 Å². The molecule has 0 fully saturated rings. The van der Waals surface area contributed by atoms with Crippen molar-refractivity contribution in [1.82, 2.24) is 19.9 Å². The molecule has 0 aliphatic carbocycles. The summed E-state index contributed by atoms with van der Waals surface area (Å²) in [6.07, 6.45) is 7.58. The standard InChI is InChI=1S/C80H82N8/c1-51-67(21-17-45-81-51)85(59-33-25-55(26-34-59)77(5,6)7)71-49-72(86(68-22-18-46-82-52(68)2)60-35-27-56(28-36-60)78(8,9)10)64-43-44-66-74(88(70-24-20-48-84-54(70)4)62-39-31-58(32-40-62)80(14,15)16)50-73(65-42-41-63(71)75(64)76(65)66)87(69-23-19-47-83-53(69)3)61-37-29-57(30-38-61)79(11,12)13/h17-50H,1-16H3. The molecule has 8 heteroatoms.